The predicted molar refractivity (Wildman–Crippen MR) is 68.3 cm³/mol. The number of benzene rings is 1. The Hall–Kier alpha value is -1.02. The third-order valence-electron chi connectivity index (χ3n) is 2.50. The highest BCUT2D eigenvalue weighted by molar-refractivity contribution is 9.09. The van der Waals surface area contributed by atoms with Crippen molar-refractivity contribution in [1.82, 2.24) is 0 Å². The first kappa shape index (κ1) is 10.5. The Kier molecular flexibility index (Phi) is 3.27. The fourth-order valence-corrected chi connectivity index (χ4v) is 2.12. The van der Waals surface area contributed by atoms with Gasteiger partial charge in [-0.25, -0.2) is 0 Å². The number of rotatable bonds is 3. The van der Waals surface area contributed by atoms with E-state index in [0.717, 1.165) is 17.3 Å². The third kappa shape index (κ3) is 2.15. The lowest BCUT2D eigenvalue weighted by molar-refractivity contribution is 0.615. The standard InChI is InChI=1S/C13H13BrO/c1-2-10(8-14)7-11-9-15-13-6-4-3-5-12(11)13/h3-7,9H,2,8H2,1H3/b10-7-. The molecule has 1 aromatic heterocycles. The molecule has 1 aromatic carbocycles. The molecule has 0 radical (unpaired) electrons. The highest BCUT2D eigenvalue weighted by Gasteiger charge is 2.02. The third-order valence-corrected chi connectivity index (χ3v) is 3.22. The van der Waals surface area contributed by atoms with Gasteiger partial charge in [0, 0.05) is 16.3 Å². The summed E-state index contributed by atoms with van der Waals surface area (Å²) in [6.07, 6.45) is 5.08. The van der Waals surface area contributed by atoms with E-state index in [0.29, 0.717) is 0 Å². The second-order valence-electron chi connectivity index (χ2n) is 3.48. The van der Waals surface area contributed by atoms with Crippen LogP contribution in [0.2, 0.25) is 0 Å². The maximum Gasteiger partial charge on any atom is 0.134 e. The van der Waals surface area contributed by atoms with Crippen molar-refractivity contribution in [3.8, 4) is 0 Å². The Morgan fingerprint density at radius 1 is 1.40 bits per heavy atom. The van der Waals surface area contributed by atoms with Gasteiger partial charge in [-0.05, 0) is 12.5 Å². The Bertz CT molecular complexity index is 476. The zero-order chi connectivity index (χ0) is 10.7. The van der Waals surface area contributed by atoms with Gasteiger partial charge >= 0.3 is 0 Å². The number of furan rings is 1. The van der Waals surface area contributed by atoms with Crippen molar-refractivity contribution in [2.45, 2.75) is 13.3 Å². The summed E-state index contributed by atoms with van der Waals surface area (Å²) < 4.78 is 5.48. The van der Waals surface area contributed by atoms with Crippen LogP contribution < -0.4 is 0 Å². The number of halogens is 1. The van der Waals surface area contributed by atoms with Crippen molar-refractivity contribution in [3.63, 3.8) is 0 Å². The van der Waals surface area contributed by atoms with Crippen LogP contribution in [-0.2, 0) is 0 Å². The average Bonchev–Trinajstić information content (AvgIpc) is 2.69. The Morgan fingerprint density at radius 2 is 2.20 bits per heavy atom. The number of alkyl halides is 1. The molecule has 2 aromatic rings. The predicted octanol–water partition coefficient (Wildman–Crippen LogP) is 4.62. The van der Waals surface area contributed by atoms with Gasteiger partial charge in [-0.15, -0.1) is 0 Å². The first-order valence-corrected chi connectivity index (χ1v) is 6.19. The molecule has 0 spiro atoms. The second kappa shape index (κ2) is 4.67. The maximum absolute atomic E-state index is 5.48. The molecule has 0 amide bonds. The molecule has 78 valence electrons. The number of allylic oxidation sites excluding steroid dienone is 1. The molecule has 2 heteroatoms. The maximum atomic E-state index is 5.48. The van der Waals surface area contributed by atoms with Crippen molar-refractivity contribution >= 4 is 33.0 Å². The average molecular weight is 265 g/mol. The molecule has 0 fully saturated rings. The summed E-state index contributed by atoms with van der Waals surface area (Å²) in [5.41, 5.74) is 3.50. The van der Waals surface area contributed by atoms with E-state index in [-0.39, 0.29) is 0 Å². The number of fused-ring (bicyclic) bond motifs is 1. The zero-order valence-corrected chi connectivity index (χ0v) is 10.3. The van der Waals surface area contributed by atoms with Crippen LogP contribution in [0.4, 0.5) is 0 Å². The van der Waals surface area contributed by atoms with Crippen molar-refractivity contribution < 1.29 is 4.42 Å². The van der Waals surface area contributed by atoms with Crippen LogP contribution in [0.25, 0.3) is 17.0 Å². The molecule has 0 saturated carbocycles. The van der Waals surface area contributed by atoms with Gasteiger partial charge < -0.3 is 4.42 Å². The van der Waals surface area contributed by atoms with Gasteiger partial charge in [-0.1, -0.05) is 52.7 Å². The van der Waals surface area contributed by atoms with Crippen LogP contribution in [0.3, 0.4) is 0 Å². The first-order chi connectivity index (χ1) is 7.35. The van der Waals surface area contributed by atoms with E-state index in [1.54, 1.807) is 0 Å². The van der Waals surface area contributed by atoms with E-state index in [1.807, 2.05) is 24.5 Å². The Morgan fingerprint density at radius 3 is 2.93 bits per heavy atom. The minimum Gasteiger partial charge on any atom is -0.464 e. The number of hydrogen-bond donors (Lipinski definition) is 0. The fourth-order valence-electron chi connectivity index (χ4n) is 1.57. The summed E-state index contributed by atoms with van der Waals surface area (Å²) in [6.45, 7) is 2.16. The van der Waals surface area contributed by atoms with Gasteiger partial charge in [0.2, 0.25) is 0 Å². The lowest BCUT2D eigenvalue weighted by Crippen LogP contribution is -1.80. The number of hydrogen-bond acceptors (Lipinski definition) is 1. The van der Waals surface area contributed by atoms with Gasteiger partial charge in [0.05, 0.1) is 6.26 Å². The van der Waals surface area contributed by atoms with Crippen molar-refractivity contribution in [2.75, 3.05) is 5.33 Å². The summed E-state index contributed by atoms with van der Waals surface area (Å²) in [4.78, 5) is 0. The van der Waals surface area contributed by atoms with Crippen LogP contribution in [0.1, 0.15) is 18.9 Å². The highest BCUT2D eigenvalue weighted by atomic mass is 79.9. The summed E-state index contributed by atoms with van der Waals surface area (Å²) in [6, 6.07) is 8.11. The Balaban J connectivity index is 2.48. The molecule has 0 aliphatic rings. The summed E-state index contributed by atoms with van der Waals surface area (Å²) >= 11 is 3.49. The van der Waals surface area contributed by atoms with E-state index in [1.165, 1.54) is 16.5 Å². The SMILES string of the molecule is CC/C(=C/c1coc2ccccc12)CBr. The van der Waals surface area contributed by atoms with Crippen LogP contribution in [0.15, 0.2) is 40.5 Å². The molecule has 0 aliphatic heterocycles. The van der Waals surface area contributed by atoms with Gasteiger partial charge in [0.1, 0.15) is 5.58 Å². The monoisotopic (exact) mass is 264 g/mol. The zero-order valence-electron chi connectivity index (χ0n) is 8.66. The van der Waals surface area contributed by atoms with Crippen molar-refractivity contribution in [1.29, 1.82) is 0 Å². The van der Waals surface area contributed by atoms with Gasteiger partial charge in [-0.2, -0.15) is 0 Å². The molecular weight excluding hydrogens is 252 g/mol. The van der Waals surface area contributed by atoms with Crippen molar-refractivity contribution in [3.05, 3.63) is 41.7 Å². The number of para-hydroxylation sites is 1. The van der Waals surface area contributed by atoms with Crippen LogP contribution in [-0.4, -0.2) is 5.33 Å². The highest BCUT2D eigenvalue weighted by Crippen LogP contribution is 2.23. The van der Waals surface area contributed by atoms with E-state index in [2.05, 4.69) is 35.0 Å². The molecule has 15 heavy (non-hydrogen) atoms. The summed E-state index contributed by atoms with van der Waals surface area (Å²) in [7, 11) is 0. The minimum atomic E-state index is 0.920. The molecule has 1 heterocycles. The van der Waals surface area contributed by atoms with E-state index < -0.39 is 0 Å². The van der Waals surface area contributed by atoms with Gasteiger partial charge in [0.25, 0.3) is 0 Å². The normalized spacial score (nSPS) is 12.3. The second-order valence-corrected chi connectivity index (χ2v) is 4.04. The minimum absolute atomic E-state index is 0.920. The first-order valence-electron chi connectivity index (χ1n) is 5.06. The molecule has 0 unspecified atom stereocenters. The summed E-state index contributed by atoms with van der Waals surface area (Å²) in [5, 5.41) is 2.10. The topological polar surface area (TPSA) is 13.1 Å². The van der Waals surface area contributed by atoms with E-state index >= 15 is 0 Å². The molecule has 2 rings (SSSR count). The van der Waals surface area contributed by atoms with Crippen LogP contribution in [0.5, 0.6) is 0 Å². The molecular formula is C13H13BrO. The van der Waals surface area contributed by atoms with Gasteiger partial charge in [-0.3, -0.25) is 0 Å². The molecule has 0 saturated heterocycles. The molecule has 0 N–H and O–H groups in total. The van der Waals surface area contributed by atoms with Crippen molar-refractivity contribution in [2.24, 2.45) is 0 Å². The van der Waals surface area contributed by atoms with Gasteiger partial charge in [0.15, 0.2) is 0 Å². The molecule has 1 nitrogen and oxygen atoms in total. The summed E-state index contributed by atoms with van der Waals surface area (Å²) in [5.74, 6) is 0. The lowest BCUT2D eigenvalue weighted by Gasteiger charge is -1.97. The lowest BCUT2D eigenvalue weighted by atomic mass is 10.1. The van der Waals surface area contributed by atoms with Crippen LogP contribution >= 0.6 is 15.9 Å². The van der Waals surface area contributed by atoms with E-state index in [9.17, 15) is 0 Å². The molecule has 0 aliphatic carbocycles. The smallest absolute Gasteiger partial charge is 0.134 e. The van der Waals surface area contributed by atoms with Crippen LogP contribution in [0, 0.1) is 0 Å². The Labute approximate surface area is 97.9 Å². The van der Waals surface area contributed by atoms with E-state index in [4.69, 9.17) is 4.42 Å². The molecule has 0 bridgehead atoms. The molecule has 0 atom stereocenters. The largest absolute Gasteiger partial charge is 0.464 e. The quantitative estimate of drug-likeness (QED) is 0.738. The fraction of sp³-hybridized carbons (Fsp3) is 0.231.